The third-order valence-corrected chi connectivity index (χ3v) is 5.57. The number of benzene rings is 1. The van der Waals surface area contributed by atoms with Gasteiger partial charge < -0.3 is 5.73 Å². The van der Waals surface area contributed by atoms with Gasteiger partial charge in [0.15, 0.2) is 15.6 Å². The third kappa shape index (κ3) is 4.09. The van der Waals surface area contributed by atoms with Crippen molar-refractivity contribution in [3.63, 3.8) is 0 Å². The second-order valence-electron chi connectivity index (χ2n) is 4.44. The second kappa shape index (κ2) is 6.11. The van der Waals surface area contributed by atoms with E-state index >= 15 is 0 Å². The number of rotatable bonds is 5. The Morgan fingerprint density at radius 3 is 2.16 bits per heavy atom. The molecule has 19 heavy (non-hydrogen) atoms. The Morgan fingerprint density at radius 2 is 1.74 bits per heavy atom. The van der Waals surface area contributed by atoms with E-state index in [-0.39, 0.29) is 39.3 Å². The number of ketones is 1. The molecule has 0 spiro atoms. The predicted octanol–water partition coefficient (Wildman–Crippen LogP) is 2.97. The smallest absolute Gasteiger partial charge is 0.163 e. The molecule has 0 bridgehead atoms. The first-order chi connectivity index (χ1) is 8.65. The lowest BCUT2D eigenvalue weighted by Gasteiger charge is -2.08. The summed E-state index contributed by atoms with van der Waals surface area (Å²) >= 11 is 11.6. The van der Waals surface area contributed by atoms with Gasteiger partial charge in [0.05, 0.1) is 26.7 Å². The van der Waals surface area contributed by atoms with E-state index in [1.807, 2.05) is 0 Å². The van der Waals surface area contributed by atoms with Crippen LogP contribution in [0.2, 0.25) is 10.0 Å². The van der Waals surface area contributed by atoms with Gasteiger partial charge >= 0.3 is 0 Å². The van der Waals surface area contributed by atoms with Crippen LogP contribution in [0.5, 0.6) is 0 Å². The number of nitrogens with two attached hydrogens (primary N) is 1. The summed E-state index contributed by atoms with van der Waals surface area (Å²) in [5.74, 6) is -0.517. The summed E-state index contributed by atoms with van der Waals surface area (Å²) in [6.45, 7) is 3.16. The van der Waals surface area contributed by atoms with Gasteiger partial charge in [-0.2, -0.15) is 0 Å². The topological polar surface area (TPSA) is 77.2 Å². The molecule has 106 valence electrons. The molecule has 0 aromatic heterocycles. The van der Waals surface area contributed by atoms with Crippen LogP contribution in [-0.2, 0) is 9.84 Å². The van der Waals surface area contributed by atoms with Crippen LogP contribution in [0.3, 0.4) is 0 Å². The van der Waals surface area contributed by atoms with E-state index in [1.54, 1.807) is 13.8 Å². The molecule has 0 saturated heterocycles. The molecule has 0 radical (unpaired) electrons. The molecule has 7 heteroatoms. The molecular formula is C12H15Cl2NO3S. The van der Waals surface area contributed by atoms with Gasteiger partial charge in [0.2, 0.25) is 0 Å². The monoisotopic (exact) mass is 323 g/mol. The molecule has 0 fully saturated rings. The molecule has 0 aliphatic heterocycles. The number of sulfone groups is 1. The minimum atomic E-state index is -3.24. The number of hydrogen-bond acceptors (Lipinski definition) is 4. The van der Waals surface area contributed by atoms with Gasteiger partial charge in [0.1, 0.15) is 0 Å². The van der Waals surface area contributed by atoms with Crippen LogP contribution in [0.4, 0.5) is 5.69 Å². The lowest BCUT2D eigenvalue weighted by molar-refractivity contribution is 0.0989. The molecule has 0 atom stereocenters. The van der Waals surface area contributed by atoms with Crippen LogP contribution in [0.15, 0.2) is 12.1 Å². The molecule has 0 saturated carbocycles. The van der Waals surface area contributed by atoms with Crippen LogP contribution in [0, 0.1) is 0 Å². The van der Waals surface area contributed by atoms with Gasteiger partial charge in [0.25, 0.3) is 0 Å². The Hall–Kier alpha value is -0.780. The lowest BCUT2D eigenvalue weighted by Crippen LogP contribution is -2.19. The number of Topliss-reactive ketones (excluding diaryl/α,β-unsaturated/α-hetero) is 1. The van der Waals surface area contributed by atoms with Gasteiger partial charge in [-0.25, -0.2) is 8.42 Å². The highest BCUT2D eigenvalue weighted by Crippen LogP contribution is 2.29. The summed E-state index contributed by atoms with van der Waals surface area (Å²) in [7, 11) is -3.24. The Kier molecular flexibility index (Phi) is 5.24. The summed E-state index contributed by atoms with van der Waals surface area (Å²) in [6, 6.07) is 2.79. The Balaban J connectivity index is 2.86. The zero-order valence-electron chi connectivity index (χ0n) is 10.6. The first kappa shape index (κ1) is 16.3. The third-order valence-electron chi connectivity index (χ3n) is 2.73. The maximum atomic E-state index is 11.9. The zero-order valence-corrected chi connectivity index (χ0v) is 12.9. The quantitative estimate of drug-likeness (QED) is 0.667. The first-order valence-corrected chi connectivity index (χ1v) is 8.11. The first-order valence-electron chi connectivity index (χ1n) is 5.64. The normalized spacial score (nSPS) is 11.8. The van der Waals surface area contributed by atoms with Crippen LogP contribution in [0.1, 0.15) is 30.6 Å². The highest BCUT2D eigenvalue weighted by molar-refractivity contribution is 7.91. The van der Waals surface area contributed by atoms with E-state index < -0.39 is 15.1 Å². The molecule has 0 aliphatic carbocycles. The molecule has 0 amide bonds. The molecule has 2 N–H and O–H groups in total. The lowest BCUT2D eigenvalue weighted by atomic mass is 10.1. The van der Waals surface area contributed by atoms with E-state index in [0.29, 0.717) is 0 Å². The molecule has 0 heterocycles. The highest BCUT2D eigenvalue weighted by Gasteiger charge is 2.19. The van der Waals surface area contributed by atoms with Crippen molar-refractivity contribution >= 4 is 44.5 Å². The number of nitrogen functional groups attached to an aromatic ring is 1. The van der Waals surface area contributed by atoms with Crippen molar-refractivity contribution in [2.75, 3.05) is 11.5 Å². The largest absolute Gasteiger partial charge is 0.396 e. The molecule has 0 aliphatic rings. The van der Waals surface area contributed by atoms with Crippen molar-refractivity contribution in [1.29, 1.82) is 0 Å². The van der Waals surface area contributed by atoms with E-state index in [4.69, 9.17) is 28.9 Å². The fourth-order valence-corrected chi connectivity index (χ4v) is 2.79. The summed E-state index contributed by atoms with van der Waals surface area (Å²) in [5, 5.41) is -0.135. The number of anilines is 1. The van der Waals surface area contributed by atoms with Crippen molar-refractivity contribution in [3.8, 4) is 0 Å². The summed E-state index contributed by atoms with van der Waals surface area (Å²) in [6.07, 6.45) is -0.100. The number of halogens is 2. The molecular weight excluding hydrogens is 309 g/mol. The molecule has 1 rings (SSSR count). The van der Waals surface area contributed by atoms with Crippen LogP contribution >= 0.6 is 23.2 Å². The van der Waals surface area contributed by atoms with Crippen molar-refractivity contribution in [2.24, 2.45) is 0 Å². The van der Waals surface area contributed by atoms with E-state index in [2.05, 4.69) is 0 Å². The molecule has 1 aromatic rings. The Bertz CT molecular complexity index is 574. The predicted molar refractivity (Wildman–Crippen MR) is 78.7 cm³/mol. The van der Waals surface area contributed by atoms with Crippen molar-refractivity contribution in [2.45, 2.75) is 25.5 Å². The Labute approximate surface area is 122 Å². The van der Waals surface area contributed by atoms with Crippen LogP contribution < -0.4 is 5.73 Å². The van der Waals surface area contributed by atoms with Crippen LogP contribution in [-0.4, -0.2) is 25.2 Å². The van der Waals surface area contributed by atoms with Gasteiger partial charge in [-0.15, -0.1) is 0 Å². The van der Waals surface area contributed by atoms with Crippen molar-refractivity contribution in [1.82, 2.24) is 0 Å². The number of carbonyl (C=O) groups is 1. The van der Waals surface area contributed by atoms with Gasteiger partial charge in [0, 0.05) is 12.0 Å². The molecule has 4 nitrogen and oxygen atoms in total. The minimum Gasteiger partial charge on any atom is -0.396 e. The minimum absolute atomic E-state index is 0.100. The maximum Gasteiger partial charge on any atom is 0.163 e. The Morgan fingerprint density at radius 1 is 1.26 bits per heavy atom. The summed E-state index contributed by atoms with van der Waals surface area (Å²) < 4.78 is 23.3. The fourth-order valence-electron chi connectivity index (χ4n) is 1.36. The zero-order chi connectivity index (χ0) is 14.8. The van der Waals surface area contributed by atoms with Gasteiger partial charge in [-0.05, 0) is 26.0 Å². The maximum absolute atomic E-state index is 11.9. The number of carbonyl (C=O) groups excluding carboxylic acids is 1. The fraction of sp³-hybridized carbons (Fsp3) is 0.417. The SMILES string of the molecule is CC(C)S(=O)(=O)CCC(=O)c1cc(Cl)c(N)c(Cl)c1. The molecule has 0 unspecified atom stereocenters. The van der Waals surface area contributed by atoms with E-state index in [1.165, 1.54) is 12.1 Å². The van der Waals surface area contributed by atoms with Gasteiger partial charge in [-0.1, -0.05) is 23.2 Å². The summed E-state index contributed by atoms with van der Waals surface area (Å²) in [4.78, 5) is 11.9. The average Bonchev–Trinajstić information content (AvgIpc) is 2.32. The van der Waals surface area contributed by atoms with Crippen molar-refractivity contribution in [3.05, 3.63) is 27.7 Å². The standard InChI is InChI=1S/C12H15Cl2NO3S/c1-7(2)19(17,18)4-3-11(16)8-5-9(13)12(15)10(14)6-8/h5-7H,3-4,15H2,1-2H3. The summed E-state index contributed by atoms with van der Waals surface area (Å²) in [5.41, 5.74) is 6.03. The average molecular weight is 324 g/mol. The second-order valence-corrected chi connectivity index (χ2v) is 7.93. The van der Waals surface area contributed by atoms with E-state index in [9.17, 15) is 13.2 Å². The molecule has 1 aromatic carbocycles. The highest BCUT2D eigenvalue weighted by atomic mass is 35.5. The van der Waals surface area contributed by atoms with Crippen LogP contribution in [0.25, 0.3) is 0 Å². The van der Waals surface area contributed by atoms with Gasteiger partial charge in [-0.3, -0.25) is 4.79 Å². The van der Waals surface area contributed by atoms with Crippen molar-refractivity contribution < 1.29 is 13.2 Å². The number of hydrogen-bond donors (Lipinski definition) is 1. The van der Waals surface area contributed by atoms with E-state index in [0.717, 1.165) is 0 Å².